The van der Waals surface area contributed by atoms with E-state index < -0.39 is 0 Å². The number of nitrogens with one attached hydrogen (secondary N) is 1. The SMILES string of the molecule is CCCn1ncc(N)c1C(=O)NCCN(CC)CC. The van der Waals surface area contributed by atoms with E-state index in [4.69, 9.17) is 5.73 Å². The van der Waals surface area contributed by atoms with E-state index in [0.717, 1.165) is 26.1 Å². The van der Waals surface area contributed by atoms with Crippen LogP contribution in [0.5, 0.6) is 0 Å². The van der Waals surface area contributed by atoms with Crippen molar-refractivity contribution in [3.05, 3.63) is 11.9 Å². The van der Waals surface area contributed by atoms with E-state index in [1.54, 1.807) is 4.68 Å². The summed E-state index contributed by atoms with van der Waals surface area (Å²) in [5.41, 5.74) is 6.71. The summed E-state index contributed by atoms with van der Waals surface area (Å²) in [7, 11) is 0. The van der Waals surface area contributed by atoms with Gasteiger partial charge in [0, 0.05) is 19.6 Å². The van der Waals surface area contributed by atoms with Crippen LogP contribution < -0.4 is 11.1 Å². The van der Waals surface area contributed by atoms with Crippen LogP contribution in [0.15, 0.2) is 6.20 Å². The molecule has 6 nitrogen and oxygen atoms in total. The lowest BCUT2D eigenvalue weighted by Crippen LogP contribution is -2.35. The summed E-state index contributed by atoms with van der Waals surface area (Å²) >= 11 is 0. The zero-order chi connectivity index (χ0) is 14.3. The number of aryl methyl sites for hydroxylation is 1. The minimum Gasteiger partial charge on any atom is -0.396 e. The number of aromatic nitrogens is 2. The van der Waals surface area contributed by atoms with Crippen LogP contribution in [0.25, 0.3) is 0 Å². The molecule has 6 heteroatoms. The second-order valence-electron chi connectivity index (χ2n) is 4.45. The third-order valence-corrected chi connectivity index (χ3v) is 3.13. The number of hydrogen-bond donors (Lipinski definition) is 2. The quantitative estimate of drug-likeness (QED) is 0.735. The average molecular weight is 267 g/mol. The van der Waals surface area contributed by atoms with E-state index in [0.29, 0.717) is 24.5 Å². The van der Waals surface area contributed by atoms with Crippen molar-refractivity contribution in [2.24, 2.45) is 0 Å². The number of amides is 1. The van der Waals surface area contributed by atoms with Crippen molar-refractivity contribution in [1.29, 1.82) is 0 Å². The smallest absolute Gasteiger partial charge is 0.271 e. The number of hydrogen-bond acceptors (Lipinski definition) is 4. The Bertz CT molecular complexity index is 398. The third-order valence-electron chi connectivity index (χ3n) is 3.13. The molecule has 0 spiro atoms. The molecular formula is C13H25N5O. The first-order valence-corrected chi connectivity index (χ1v) is 6.95. The van der Waals surface area contributed by atoms with E-state index in [9.17, 15) is 4.79 Å². The molecule has 1 heterocycles. The summed E-state index contributed by atoms with van der Waals surface area (Å²) in [5.74, 6) is -0.143. The molecule has 108 valence electrons. The first-order valence-electron chi connectivity index (χ1n) is 6.95. The van der Waals surface area contributed by atoms with Crippen molar-refractivity contribution >= 4 is 11.6 Å². The summed E-state index contributed by atoms with van der Waals surface area (Å²) in [6.07, 6.45) is 2.45. The Kier molecular flexibility index (Phi) is 6.35. The molecular weight excluding hydrogens is 242 g/mol. The van der Waals surface area contributed by atoms with Gasteiger partial charge in [0.15, 0.2) is 0 Å². The Balaban J connectivity index is 2.56. The van der Waals surface area contributed by atoms with Crippen molar-refractivity contribution in [3.8, 4) is 0 Å². The molecule has 0 bridgehead atoms. The predicted octanol–water partition coefficient (Wildman–Crippen LogP) is 0.947. The van der Waals surface area contributed by atoms with Crippen LogP contribution >= 0.6 is 0 Å². The Morgan fingerprint density at radius 2 is 2.11 bits per heavy atom. The van der Waals surface area contributed by atoms with Gasteiger partial charge in [0.05, 0.1) is 11.9 Å². The molecule has 0 aliphatic rings. The maximum Gasteiger partial charge on any atom is 0.271 e. The Hall–Kier alpha value is -1.56. The molecule has 0 saturated carbocycles. The highest BCUT2D eigenvalue weighted by atomic mass is 16.2. The number of carbonyl (C=O) groups excluding carboxylic acids is 1. The lowest BCUT2D eigenvalue weighted by Gasteiger charge is -2.18. The van der Waals surface area contributed by atoms with E-state index in [2.05, 4.69) is 29.2 Å². The van der Waals surface area contributed by atoms with Gasteiger partial charge in [-0.3, -0.25) is 9.48 Å². The zero-order valence-corrected chi connectivity index (χ0v) is 12.1. The molecule has 19 heavy (non-hydrogen) atoms. The van der Waals surface area contributed by atoms with Gasteiger partial charge in [-0.05, 0) is 19.5 Å². The fourth-order valence-electron chi connectivity index (χ4n) is 1.98. The maximum atomic E-state index is 12.1. The molecule has 0 fully saturated rings. The number of carbonyl (C=O) groups is 1. The largest absolute Gasteiger partial charge is 0.396 e. The van der Waals surface area contributed by atoms with E-state index in [-0.39, 0.29) is 5.91 Å². The van der Waals surface area contributed by atoms with Crippen LogP contribution in [0, 0.1) is 0 Å². The van der Waals surface area contributed by atoms with Gasteiger partial charge in [-0.2, -0.15) is 5.10 Å². The summed E-state index contributed by atoms with van der Waals surface area (Å²) in [4.78, 5) is 14.4. The molecule has 1 aromatic rings. The lowest BCUT2D eigenvalue weighted by atomic mass is 10.3. The van der Waals surface area contributed by atoms with Crippen molar-refractivity contribution < 1.29 is 4.79 Å². The Morgan fingerprint density at radius 3 is 2.68 bits per heavy atom. The van der Waals surface area contributed by atoms with Crippen LogP contribution in [-0.4, -0.2) is 46.8 Å². The predicted molar refractivity (Wildman–Crippen MR) is 77.1 cm³/mol. The zero-order valence-electron chi connectivity index (χ0n) is 12.1. The van der Waals surface area contributed by atoms with Crippen LogP contribution in [0.3, 0.4) is 0 Å². The Labute approximate surface area is 114 Å². The monoisotopic (exact) mass is 267 g/mol. The first-order chi connectivity index (χ1) is 9.13. The Morgan fingerprint density at radius 1 is 1.42 bits per heavy atom. The number of nitrogens with zero attached hydrogens (tertiary/aromatic N) is 3. The molecule has 0 radical (unpaired) electrons. The first kappa shape index (κ1) is 15.5. The molecule has 0 unspecified atom stereocenters. The van der Waals surface area contributed by atoms with Gasteiger partial charge in [0.1, 0.15) is 5.69 Å². The molecule has 0 atom stereocenters. The van der Waals surface area contributed by atoms with Gasteiger partial charge >= 0.3 is 0 Å². The lowest BCUT2D eigenvalue weighted by molar-refractivity contribution is 0.0939. The molecule has 0 aliphatic carbocycles. The molecule has 0 aliphatic heterocycles. The van der Waals surface area contributed by atoms with Gasteiger partial charge < -0.3 is 16.0 Å². The van der Waals surface area contributed by atoms with Crippen molar-refractivity contribution in [2.75, 3.05) is 31.9 Å². The number of likely N-dealkylation sites (N-methyl/N-ethyl adjacent to an activating group) is 1. The topological polar surface area (TPSA) is 76.2 Å². The molecule has 1 aromatic heterocycles. The second kappa shape index (κ2) is 7.78. The van der Waals surface area contributed by atoms with Crippen molar-refractivity contribution in [3.63, 3.8) is 0 Å². The minimum atomic E-state index is -0.143. The van der Waals surface area contributed by atoms with Crippen LogP contribution in [0.2, 0.25) is 0 Å². The summed E-state index contributed by atoms with van der Waals surface area (Å²) in [5, 5.41) is 7.02. The normalized spacial score (nSPS) is 10.9. The van der Waals surface area contributed by atoms with Gasteiger partial charge in [0.25, 0.3) is 5.91 Å². The average Bonchev–Trinajstić information content (AvgIpc) is 2.76. The standard InChI is InChI=1S/C13H25N5O/c1-4-8-18-12(11(14)10-16-18)13(19)15-7-9-17(5-2)6-3/h10H,4-9,14H2,1-3H3,(H,15,19). The molecule has 3 N–H and O–H groups in total. The van der Waals surface area contributed by atoms with Crippen LogP contribution in [0.1, 0.15) is 37.7 Å². The van der Waals surface area contributed by atoms with Crippen molar-refractivity contribution in [1.82, 2.24) is 20.0 Å². The van der Waals surface area contributed by atoms with E-state index >= 15 is 0 Å². The summed E-state index contributed by atoms with van der Waals surface area (Å²) in [6, 6.07) is 0. The molecule has 1 amide bonds. The maximum absolute atomic E-state index is 12.1. The summed E-state index contributed by atoms with van der Waals surface area (Å²) < 4.78 is 1.67. The highest BCUT2D eigenvalue weighted by molar-refractivity contribution is 5.97. The van der Waals surface area contributed by atoms with Crippen molar-refractivity contribution in [2.45, 2.75) is 33.7 Å². The number of anilines is 1. The van der Waals surface area contributed by atoms with E-state index in [1.807, 2.05) is 6.92 Å². The summed E-state index contributed by atoms with van der Waals surface area (Å²) in [6.45, 7) is 10.4. The number of nitrogens with two attached hydrogens (primary N) is 1. The molecule has 0 aromatic carbocycles. The van der Waals surface area contributed by atoms with Gasteiger partial charge in [0.2, 0.25) is 0 Å². The fraction of sp³-hybridized carbons (Fsp3) is 0.692. The molecule has 1 rings (SSSR count). The van der Waals surface area contributed by atoms with Gasteiger partial charge in [-0.25, -0.2) is 0 Å². The highest BCUT2D eigenvalue weighted by Crippen LogP contribution is 2.10. The third kappa shape index (κ3) is 4.24. The number of rotatable bonds is 8. The van der Waals surface area contributed by atoms with Gasteiger partial charge in [-0.15, -0.1) is 0 Å². The van der Waals surface area contributed by atoms with E-state index in [1.165, 1.54) is 6.20 Å². The van der Waals surface area contributed by atoms with Gasteiger partial charge in [-0.1, -0.05) is 20.8 Å². The minimum absolute atomic E-state index is 0.143. The highest BCUT2D eigenvalue weighted by Gasteiger charge is 2.16. The number of nitrogen functional groups attached to an aromatic ring is 1. The molecule has 0 saturated heterocycles. The second-order valence-corrected chi connectivity index (χ2v) is 4.45. The van der Waals surface area contributed by atoms with Crippen LogP contribution in [0.4, 0.5) is 5.69 Å². The van der Waals surface area contributed by atoms with Crippen LogP contribution in [-0.2, 0) is 6.54 Å². The fourth-order valence-corrected chi connectivity index (χ4v) is 1.98.